The number of benzene rings is 1. The zero-order valence-electron chi connectivity index (χ0n) is 14.2. The van der Waals surface area contributed by atoms with Gasteiger partial charge in [-0.1, -0.05) is 29.3 Å². The highest BCUT2D eigenvalue weighted by Crippen LogP contribution is 2.23. The molecule has 1 aliphatic rings. The van der Waals surface area contributed by atoms with Gasteiger partial charge in [0.15, 0.2) is 0 Å². The molecule has 26 heavy (non-hydrogen) atoms. The van der Waals surface area contributed by atoms with Gasteiger partial charge in [0.1, 0.15) is 5.76 Å². The maximum atomic E-state index is 11.9. The zero-order valence-corrected chi connectivity index (χ0v) is 15.7. The van der Waals surface area contributed by atoms with E-state index in [1.807, 2.05) is 24.3 Å². The summed E-state index contributed by atoms with van der Waals surface area (Å²) < 4.78 is 10.9. The van der Waals surface area contributed by atoms with Gasteiger partial charge in [0.25, 0.3) is 0 Å². The van der Waals surface area contributed by atoms with Crippen molar-refractivity contribution >= 4 is 29.2 Å². The van der Waals surface area contributed by atoms with Gasteiger partial charge in [0.05, 0.1) is 35.6 Å². The number of ether oxygens (including phenoxy) is 1. The third-order valence-electron chi connectivity index (χ3n) is 4.11. The summed E-state index contributed by atoms with van der Waals surface area (Å²) in [5, 5.41) is 6.70. The van der Waals surface area contributed by atoms with Gasteiger partial charge in [0.2, 0.25) is 0 Å². The Morgan fingerprint density at radius 3 is 2.88 bits per heavy atom. The number of carbonyl (C=O) groups is 1. The zero-order chi connectivity index (χ0) is 18.4. The molecule has 0 spiro atoms. The van der Waals surface area contributed by atoms with Crippen LogP contribution in [0, 0.1) is 0 Å². The second-order valence-electron chi connectivity index (χ2n) is 6.12. The van der Waals surface area contributed by atoms with E-state index in [1.54, 1.807) is 12.3 Å². The number of furan rings is 1. The second-order valence-corrected chi connectivity index (χ2v) is 6.93. The van der Waals surface area contributed by atoms with Gasteiger partial charge >= 0.3 is 6.03 Å². The van der Waals surface area contributed by atoms with Gasteiger partial charge in [-0.2, -0.15) is 0 Å². The number of morpholine rings is 1. The third-order valence-corrected chi connectivity index (χ3v) is 4.85. The average Bonchev–Trinajstić information content (AvgIpc) is 3.15. The summed E-state index contributed by atoms with van der Waals surface area (Å²) in [6.07, 6.45) is 1.52. The first-order valence-corrected chi connectivity index (χ1v) is 9.17. The fraction of sp³-hybridized carbons (Fsp3) is 0.389. The Kier molecular flexibility index (Phi) is 6.80. The van der Waals surface area contributed by atoms with E-state index < -0.39 is 0 Å². The normalized spacial score (nSPS) is 17.8. The van der Waals surface area contributed by atoms with Crippen LogP contribution in [-0.2, 0) is 17.8 Å². The fourth-order valence-corrected chi connectivity index (χ4v) is 3.11. The molecule has 0 saturated carbocycles. The summed E-state index contributed by atoms with van der Waals surface area (Å²) in [5.74, 6) is 0.710. The van der Waals surface area contributed by atoms with Crippen LogP contribution in [0.5, 0.6) is 0 Å². The van der Waals surface area contributed by atoms with Crippen molar-refractivity contribution < 1.29 is 13.9 Å². The molecule has 1 saturated heterocycles. The molecule has 1 fully saturated rings. The van der Waals surface area contributed by atoms with Crippen molar-refractivity contribution in [2.75, 3.05) is 26.2 Å². The van der Waals surface area contributed by atoms with Gasteiger partial charge in [-0.05, 0) is 29.8 Å². The molecule has 1 unspecified atom stereocenters. The average molecular weight is 398 g/mol. The number of halogens is 2. The van der Waals surface area contributed by atoms with Crippen molar-refractivity contribution in [2.24, 2.45) is 0 Å². The molecule has 2 heterocycles. The third kappa shape index (κ3) is 5.64. The van der Waals surface area contributed by atoms with Crippen LogP contribution in [0.15, 0.2) is 41.0 Å². The van der Waals surface area contributed by atoms with Crippen LogP contribution in [0.4, 0.5) is 4.79 Å². The molecule has 8 heteroatoms. The van der Waals surface area contributed by atoms with Crippen molar-refractivity contribution in [1.29, 1.82) is 0 Å². The highest BCUT2D eigenvalue weighted by molar-refractivity contribution is 6.42. The van der Waals surface area contributed by atoms with Crippen LogP contribution in [0.1, 0.15) is 11.3 Å². The van der Waals surface area contributed by atoms with E-state index in [2.05, 4.69) is 15.5 Å². The summed E-state index contributed by atoms with van der Waals surface area (Å²) in [7, 11) is 0. The molecule has 6 nitrogen and oxygen atoms in total. The van der Waals surface area contributed by atoms with Crippen LogP contribution < -0.4 is 10.6 Å². The number of rotatable bonds is 6. The lowest BCUT2D eigenvalue weighted by Crippen LogP contribution is -2.48. The van der Waals surface area contributed by atoms with Crippen molar-refractivity contribution in [3.63, 3.8) is 0 Å². The first kappa shape index (κ1) is 19.0. The number of hydrogen-bond acceptors (Lipinski definition) is 4. The number of nitrogens with one attached hydrogen (secondary N) is 2. The lowest BCUT2D eigenvalue weighted by Gasteiger charge is -2.33. The maximum absolute atomic E-state index is 11.9. The van der Waals surface area contributed by atoms with Crippen LogP contribution in [0.25, 0.3) is 0 Å². The van der Waals surface area contributed by atoms with Gasteiger partial charge in [-0.3, -0.25) is 4.90 Å². The molecule has 0 aliphatic carbocycles. The van der Waals surface area contributed by atoms with E-state index in [4.69, 9.17) is 32.4 Å². The van der Waals surface area contributed by atoms with E-state index in [1.165, 1.54) is 0 Å². The largest absolute Gasteiger partial charge is 0.467 e. The summed E-state index contributed by atoms with van der Waals surface area (Å²) >= 11 is 12.0. The highest BCUT2D eigenvalue weighted by atomic mass is 35.5. The number of urea groups is 1. The van der Waals surface area contributed by atoms with Crippen molar-refractivity contribution in [1.82, 2.24) is 15.5 Å². The maximum Gasteiger partial charge on any atom is 0.315 e. The van der Waals surface area contributed by atoms with Crippen LogP contribution >= 0.6 is 23.2 Å². The Morgan fingerprint density at radius 2 is 2.12 bits per heavy atom. The van der Waals surface area contributed by atoms with E-state index in [0.29, 0.717) is 35.5 Å². The molecular formula is C18H21Cl2N3O3. The fourth-order valence-electron chi connectivity index (χ4n) is 2.79. The Morgan fingerprint density at radius 1 is 1.23 bits per heavy atom. The van der Waals surface area contributed by atoms with E-state index >= 15 is 0 Å². The standard InChI is InChI=1S/C18H21Cl2N3O3/c19-16-4-3-13(8-17(16)20)11-23-5-7-26-15(12-23)10-22-18(24)21-9-14-2-1-6-25-14/h1-4,6,8,15H,5,7,9-12H2,(H2,21,22,24). The quantitative estimate of drug-likeness (QED) is 0.784. The molecule has 1 aromatic carbocycles. The Bertz CT molecular complexity index is 724. The minimum absolute atomic E-state index is 0.0547. The summed E-state index contributed by atoms with van der Waals surface area (Å²) in [5.41, 5.74) is 1.10. The smallest absolute Gasteiger partial charge is 0.315 e. The molecule has 0 radical (unpaired) electrons. The van der Waals surface area contributed by atoms with Crippen LogP contribution in [0.2, 0.25) is 10.0 Å². The molecule has 0 bridgehead atoms. The van der Waals surface area contributed by atoms with Crippen LogP contribution in [0.3, 0.4) is 0 Å². The highest BCUT2D eigenvalue weighted by Gasteiger charge is 2.21. The topological polar surface area (TPSA) is 66.7 Å². The Hall–Kier alpha value is -1.73. The Labute approximate surface area is 162 Å². The minimum Gasteiger partial charge on any atom is -0.467 e. The first-order valence-electron chi connectivity index (χ1n) is 8.42. The molecule has 1 atom stereocenters. The predicted molar refractivity (Wildman–Crippen MR) is 100 cm³/mol. The number of amides is 2. The van der Waals surface area contributed by atoms with Crippen molar-refractivity contribution in [2.45, 2.75) is 19.2 Å². The lowest BCUT2D eigenvalue weighted by atomic mass is 10.2. The summed E-state index contributed by atoms with van der Waals surface area (Å²) in [6.45, 7) is 3.76. The van der Waals surface area contributed by atoms with E-state index in [0.717, 1.165) is 25.2 Å². The second kappa shape index (κ2) is 9.28. The van der Waals surface area contributed by atoms with E-state index in [-0.39, 0.29) is 12.1 Å². The molecule has 1 aliphatic heterocycles. The van der Waals surface area contributed by atoms with Crippen LogP contribution in [-0.4, -0.2) is 43.3 Å². The molecule has 2 aromatic rings. The number of carbonyl (C=O) groups excluding carboxylic acids is 1. The SMILES string of the molecule is O=C(NCc1ccco1)NCC1CN(Cc2ccc(Cl)c(Cl)c2)CCO1. The van der Waals surface area contributed by atoms with Gasteiger partial charge in [0, 0.05) is 26.2 Å². The molecule has 1 aromatic heterocycles. The predicted octanol–water partition coefficient (Wildman–Crippen LogP) is 3.29. The summed E-state index contributed by atoms with van der Waals surface area (Å²) in [6, 6.07) is 9.01. The van der Waals surface area contributed by atoms with Crippen molar-refractivity contribution in [3.05, 3.63) is 58.0 Å². The van der Waals surface area contributed by atoms with Gasteiger partial charge in [-0.15, -0.1) is 0 Å². The molecule has 2 N–H and O–H groups in total. The molecule has 140 valence electrons. The first-order chi connectivity index (χ1) is 12.6. The van der Waals surface area contributed by atoms with E-state index in [9.17, 15) is 4.79 Å². The van der Waals surface area contributed by atoms with Gasteiger partial charge < -0.3 is 19.8 Å². The number of nitrogens with zero attached hydrogens (tertiary/aromatic N) is 1. The van der Waals surface area contributed by atoms with Gasteiger partial charge in [-0.25, -0.2) is 4.79 Å². The summed E-state index contributed by atoms with van der Waals surface area (Å²) in [4.78, 5) is 14.1. The van der Waals surface area contributed by atoms with Crippen molar-refractivity contribution in [3.8, 4) is 0 Å². The molecule has 2 amide bonds. The minimum atomic E-state index is -0.244. The molecular weight excluding hydrogens is 377 g/mol. The lowest BCUT2D eigenvalue weighted by molar-refractivity contribution is -0.0287. The number of hydrogen-bond donors (Lipinski definition) is 2. The Balaban J connectivity index is 1.41. The monoisotopic (exact) mass is 397 g/mol. The molecule has 3 rings (SSSR count).